The van der Waals surface area contributed by atoms with Gasteiger partial charge in [0.25, 0.3) is 5.56 Å². The summed E-state index contributed by atoms with van der Waals surface area (Å²) in [6.07, 6.45) is 0. The second-order valence-electron chi connectivity index (χ2n) is 5.72. The number of carbonyl (C=O) groups excluding carboxylic acids is 1. The summed E-state index contributed by atoms with van der Waals surface area (Å²) in [5, 5.41) is 0.430. The average molecular weight is 337 g/mol. The van der Waals surface area contributed by atoms with Gasteiger partial charge < -0.3 is 4.90 Å². The van der Waals surface area contributed by atoms with Crippen molar-refractivity contribution in [2.24, 2.45) is 0 Å². The number of nitrogens with zero attached hydrogens (tertiary/aromatic N) is 3. The lowest BCUT2D eigenvalue weighted by Gasteiger charge is -2.19. The summed E-state index contributed by atoms with van der Waals surface area (Å²) in [4.78, 5) is 39.3. The van der Waals surface area contributed by atoms with Crippen molar-refractivity contribution < 1.29 is 4.79 Å². The van der Waals surface area contributed by atoms with Gasteiger partial charge in [-0.25, -0.2) is 4.79 Å². The third kappa shape index (κ3) is 2.98. The Morgan fingerprint density at radius 1 is 0.960 bits per heavy atom. The molecule has 6 heteroatoms. The predicted octanol–water partition coefficient (Wildman–Crippen LogP) is 1.85. The fourth-order valence-corrected chi connectivity index (χ4v) is 2.84. The molecule has 0 saturated carbocycles. The number of aromatic nitrogens is 2. The van der Waals surface area contributed by atoms with E-state index < -0.39 is 5.69 Å². The molecule has 25 heavy (non-hydrogen) atoms. The van der Waals surface area contributed by atoms with Crippen molar-refractivity contribution in [3.8, 4) is 0 Å². The van der Waals surface area contributed by atoms with Crippen molar-refractivity contribution >= 4 is 22.5 Å². The summed E-state index contributed by atoms with van der Waals surface area (Å²) in [6.45, 7) is 1.86. The molecule has 0 N–H and O–H groups in total. The van der Waals surface area contributed by atoms with E-state index in [0.29, 0.717) is 10.9 Å². The standard InChI is InChI=1S/C19H19N3O3/c1-3-21-18(24)15-11-7-8-12-16(15)22(19(21)25)13-17(23)20(2)14-9-5-4-6-10-14/h4-12H,3,13H2,1-2H3. The zero-order valence-corrected chi connectivity index (χ0v) is 14.2. The van der Waals surface area contributed by atoms with Gasteiger partial charge >= 0.3 is 5.69 Å². The van der Waals surface area contributed by atoms with Gasteiger partial charge in [-0.05, 0) is 31.2 Å². The van der Waals surface area contributed by atoms with Crippen LogP contribution < -0.4 is 16.1 Å². The van der Waals surface area contributed by atoms with Crippen molar-refractivity contribution in [1.29, 1.82) is 0 Å². The van der Waals surface area contributed by atoms with Gasteiger partial charge in [0.05, 0.1) is 10.9 Å². The Kier molecular flexibility index (Phi) is 4.52. The van der Waals surface area contributed by atoms with Crippen molar-refractivity contribution in [2.45, 2.75) is 20.0 Å². The smallest absolute Gasteiger partial charge is 0.314 e. The van der Waals surface area contributed by atoms with Crippen LogP contribution in [-0.4, -0.2) is 22.1 Å². The number of para-hydroxylation sites is 2. The van der Waals surface area contributed by atoms with Gasteiger partial charge in [0.2, 0.25) is 5.91 Å². The average Bonchev–Trinajstić information content (AvgIpc) is 2.65. The summed E-state index contributed by atoms with van der Waals surface area (Å²) in [5.74, 6) is -0.236. The molecule has 0 aliphatic heterocycles. The molecular formula is C19H19N3O3. The maximum absolute atomic E-state index is 12.7. The summed E-state index contributed by atoms with van der Waals surface area (Å²) in [7, 11) is 1.67. The van der Waals surface area contributed by atoms with Crippen LogP contribution in [0.1, 0.15) is 6.92 Å². The number of rotatable bonds is 4. The zero-order valence-electron chi connectivity index (χ0n) is 14.2. The summed E-state index contributed by atoms with van der Waals surface area (Å²) in [6, 6.07) is 16.1. The molecular weight excluding hydrogens is 318 g/mol. The monoisotopic (exact) mass is 337 g/mol. The van der Waals surface area contributed by atoms with Crippen LogP contribution in [0, 0.1) is 0 Å². The van der Waals surface area contributed by atoms with Crippen LogP contribution in [0.3, 0.4) is 0 Å². The van der Waals surface area contributed by atoms with Crippen LogP contribution in [0.15, 0.2) is 64.2 Å². The molecule has 128 valence electrons. The molecule has 0 saturated heterocycles. The van der Waals surface area contributed by atoms with Crippen LogP contribution in [0.5, 0.6) is 0 Å². The summed E-state index contributed by atoms with van der Waals surface area (Å²) < 4.78 is 2.51. The minimum atomic E-state index is -0.471. The van der Waals surface area contributed by atoms with Crippen LogP contribution in [0.4, 0.5) is 5.69 Å². The molecule has 0 fully saturated rings. The van der Waals surface area contributed by atoms with Crippen molar-refractivity contribution in [3.63, 3.8) is 0 Å². The van der Waals surface area contributed by atoms with E-state index in [1.165, 1.54) is 9.47 Å². The molecule has 2 aromatic carbocycles. The Labute approximate surface area is 144 Å². The number of anilines is 1. The Morgan fingerprint density at radius 2 is 1.60 bits per heavy atom. The second-order valence-corrected chi connectivity index (χ2v) is 5.72. The van der Waals surface area contributed by atoms with Gasteiger partial charge in [0, 0.05) is 19.3 Å². The Bertz CT molecular complexity index is 1040. The number of carbonyl (C=O) groups is 1. The van der Waals surface area contributed by atoms with E-state index in [1.807, 2.05) is 30.3 Å². The SMILES string of the molecule is CCn1c(=O)c2ccccc2n(CC(=O)N(C)c2ccccc2)c1=O. The second kappa shape index (κ2) is 6.76. The van der Waals surface area contributed by atoms with E-state index in [4.69, 9.17) is 0 Å². The third-order valence-corrected chi connectivity index (χ3v) is 4.26. The first-order chi connectivity index (χ1) is 12.0. The number of likely N-dealkylation sites (N-methyl/N-ethyl adjacent to an activating group) is 1. The van der Waals surface area contributed by atoms with Crippen LogP contribution in [0.2, 0.25) is 0 Å². The minimum absolute atomic E-state index is 0.134. The molecule has 6 nitrogen and oxygen atoms in total. The first-order valence-electron chi connectivity index (χ1n) is 8.08. The van der Waals surface area contributed by atoms with Crippen molar-refractivity contribution in [3.05, 3.63) is 75.4 Å². The first-order valence-corrected chi connectivity index (χ1v) is 8.08. The third-order valence-electron chi connectivity index (χ3n) is 4.26. The first kappa shape index (κ1) is 16.7. The topological polar surface area (TPSA) is 64.3 Å². The Hall–Kier alpha value is -3.15. The molecule has 0 spiro atoms. The number of hydrogen-bond acceptors (Lipinski definition) is 3. The highest BCUT2D eigenvalue weighted by atomic mass is 16.2. The van der Waals surface area contributed by atoms with E-state index in [0.717, 1.165) is 10.3 Å². The molecule has 1 amide bonds. The molecule has 1 heterocycles. The van der Waals surface area contributed by atoms with E-state index in [9.17, 15) is 14.4 Å². The number of benzene rings is 2. The molecule has 0 atom stereocenters. The minimum Gasteiger partial charge on any atom is -0.314 e. The predicted molar refractivity (Wildman–Crippen MR) is 98.0 cm³/mol. The number of fused-ring (bicyclic) bond motifs is 1. The molecule has 3 aromatic rings. The van der Waals surface area contributed by atoms with Gasteiger partial charge in [-0.2, -0.15) is 0 Å². The van der Waals surface area contributed by atoms with Gasteiger partial charge in [-0.1, -0.05) is 30.3 Å². The molecule has 0 radical (unpaired) electrons. The van der Waals surface area contributed by atoms with Crippen molar-refractivity contribution in [1.82, 2.24) is 9.13 Å². The molecule has 1 aromatic heterocycles. The van der Waals surface area contributed by atoms with Gasteiger partial charge in [-0.15, -0.1) is 0 Å². The quantitative estimate of drug-likeness (QED) is 0.730. The highest BCUT2D eigenvalue weighted by Crippen LogP contribution is 2.13. The van der Waals surface area contributed by atoms with Crippen LogP contribution in [-0.2, 0) is 17.9 Å². The van der Waals surface area contributed by atoms with Gasteiger partial charge in [0.1, 0.15) is 6.54 Å². The molecule has 3 rings (SSSR count). The molecule has 0 bridgehead atoms. The lowest BCUT2D eigenvalue weighted by molar-refractivity contribution is -0.118. The normalized spacial score (nSPS) is 10.8. The van der Waals surface area contributed by atoms with Crippen LogP contribution in [0.25, 0.3) is 10.9 Å². The Balaban J connectivity index is 2.09. The van der Waals surface area contributed by atoms with Crippen molar-refractivity contribution in [2.75, 3.05) is 11.9 Å². The van der Waals surface area contributed by atoms with Gasteiger partial charge in [0.15, 0.2) is 0 Å². The van der Waals surface area contributed by atoms with E-state index in [1.54, 1.807) is 38.2 Å². The fraction of sp³-hybridized carbons (Fsp3) is 0.211. The summed E-state index contributed by atoms with van der Waals surface area (Å²) in [5.41, 5.74) is 0.412. The van der Waals surface area contributed by atoms with E-state index in [-0.39, 0.29) is 24.6 Å². The maximum atomic E-state index is 12.7. The fourth-order valence-electron chi connectivity index (χ4n) is 2.84. The zero-order chi connectivity index (χ0) is 18.0. The van der Waals surface area contributed by atoms with E-state index in [2.05, 4.69) is 0 Å². The lowest BCUT2D eigenvalue weighted by atomic mass is 10.2. The van der Waals surface area contributed by atoms with Crippen LogP contribution >= 0.6 is 0 Å². The number of hydrogen-bond donors (Lipinski definition) is 0. The maximum Gasteiger partial charge on any atom is 0.331 e. The lowest BCUT2D eigenvalue weighted by Crippen LogP contribution is -2.42. The Morgan fingerprint density at radius 3 is 2.28 bits per heavy atom. The largest absolute Gasteiger partial charge is 0.331 e. The molecule has 0 aliphatic carbocycles. The highest BCUT2D eigenvalue weighted by Gasteiger charge is 2.17. The van der Waals surface area contributed by atoms with E-state index >= 15 is 0 Å². The summed E-state index contributed by atoms with van der Waals surface area (Å²) >= 11 is 0. The molecule has 0 unspecified atom stereocenters. The van der Waals surface area contributed by atoms with Gasteiger partial charge in [-0.3, -0.25) is 18.7 Å². The molecule has 0 aliphatic rings. The number of amides is 1. The highest BCUT2D eigenvalue weighted by molar-refractivity contribution is 5.93.